The summed E-state index contributed by atoms with van der Waals surface area (Å²) >= 11 is 0. The number of hydrogen-bond acceptors (Lipinski definition) is 3. The molecule has 0 aliphatic heterocycles. The van der Waals surface area contributed by atoms with Gasteiger partial charge in [0, 0.05) is 5.56 Å². The smallest absolute Gasteiger partial charge is 0.326 e. The Balaban J connectivity index is 2.36. The number of sulfonamides is 1. The standard InChI is InChI=1S/C15H13F2NO4S/c16-14(17)11-7-4-8-12(9-11)23(21,22)18-13(15(19)20)10-5-2-1-3-6-10/h1-9,13-14,18H,(H,19,20)/t13-/m0/s1. The van der Waals surface area contributed by atoms with Gasteiger partial charge in [-0.25, -0.2) is 17.2 Å². The van der Waals surface area contributed by atoms with Crippen molar-refractivity contribution in [2.75, 3.05) is 0 Å². The van der Waals surface area contributed by atoms with Crippen LogP contribution in [0.4, 0.5) is 8.78 Å². The molecule has 122 valence electrons. The maximum absolute atomic E-state index is 12.7. The van der Waals surface area contributed by atoms with Gasteiger partial charge >= 0.3 is 5.97 Å². The van der Waals surface area contributed by atoms with Crippen molar-refractivity contribution in [1.82, 2.24) is 4.72 Å². The zero-order valence-electron chi connectivity index (χ0n) is 11.7. The molecule has 0 spiro atoms. The number of carboxylic acid groups (broad SMARTS) is 1. The minimum Gasteiger partial charge on any atom is -0.480 e. The molecule has 2 N–H and O–H groups in total. The fourth-order valence-electron chi connectivity index (χ4n) is 1.95. The van der Waals surface area contributed by atoms with Crippen molar-refractivity contribution >= 4 is 16.0 Å². The van der Waals surface area contributed by atoms with Crippen LogP contribution in [0.2, 0.25) is 0 Å². The third kappa shape index (κ3) is 4.11. The van der Waals surface area contributed by atoms with Crippen molar-refractivity contribution < 1.29 is 27.1 Å². The molecular weight excluding hydrogens is 328 g/mol. The number of benzene rings is 2. The zero-order chi connectivity index (χ0) is 17.0. The lowest BCUT2D eigenvalue weighted by molar-refractivity contribution is -0.139. The van der Waals surface area contributed by atoms with E-state index < -0.39 is 38.9 Å². The summed E-state index contributed by atoms with van der Waals surface area (Å²) in [6.07, 6.45) is -2.82. The van der Waals surface area contributed by atoms with E-state index in [9.17, 15) is 27.1 Å². The molecule has 0 amide bonds. The average molecular weight is 341 g/mol. The second-order valence-electron chi connectivity index (χ2n) is 4.68. The Bertz CT molecular complexity index is 794. The summed E-state index contributed by atoms with van der Waals surface area (Å²) in [5.74, 6) is -1.40. The molecular formula is C15H13F2NO4S. The molecule has 0 bridgehead atoms. The Labute approximate surface area is 131 Å². The molecule has 0 radical (unpaired) electrons. The molecule has 2 rings (SSSR count). The Morgan fingerprint density at radius 2 is 1.61 bits per heavy atom. The summed E-state index contributed by atoms with van der Waals surface area (Å²) in [4.78, 5) is 10.9. The maximum atomic E-state index is 12.7. The normalized spacial score (nSPS) is 13.0. The third-order valence-electron chi connectivity index (χ3n) is 3.07. The monoisotopic (exact) mass is 341 g/mol. The molecule has 2 aromatic rings. The molecule has 2 aromatic carbocycles. The van der Waals surface area contributed by atoms with Gasteiger partial charge in [-0.15, -0.1) is 0 Å². The highest BCUT2D eigenvalue weighted by Crippen LogP contribution is 2.23. The second kappa shape index (κ2) is 6.84. The van der Waals surface area contributed by atoms with Crippen LogP contribution in [0.1, 0.15) is 23.6 Å². The van der Waals surface area contributed by atoms with E-state index in [1.807, 2.05) is 4.72 Å². The van der Waals surface area contributed by atoms with Gasteiger partial charge in [0.1, 0.15) is 6.04 Å². The highest BCUT2D eigenvalue weighted by atomic mass is 32.2. The number of rotatable bonds is 6. The first-order chi connectivity index (χ1) is 10.8. The first-order valence-electron chi connectivity index (χ1n) is 6.49. The van der Waals surface area contributed by atoms with Crippen LogP contribution in [0, 0.1) is 0 Å². The Morgan fingerprint density at radius 1 is 1.00 bits per heavy atom. The Hall–Kier alpha value is -2.32. The zero-order valence-corrected chi connectivity index (χ0v) is 12.5. The van der Waals surface area contributed by atoms with E-state index in [-0.39, 0.29) is 5.56 Å². The van der Waals surface area contributed by atoms with Crippen molar-refractivity contribution in [2.24, 2.45) is 0 Å². The van der Waals surface area contributed by atoms with Gasteiger partial charge < -0.3 is 5.11 Å². The van der Waals surface area contributed by atoms with Gasteiger partial charge in [-0.1, -0.05) is 42.5 Å². The molecule has 8 heteroatoms. The van der Waals surface area contributed by atoms with E-state index in [2.05, 4.69) is 0 Å². The molecule has 5 nitrogen and oxygen atoms in total. The molecule has 1 atom stereocenters. The molecule has 0 saturated carbocycles. The van der Waals surface area contributed by atoms with E-state index >= 15 is 0 Å². The van der Waals surface area contributed by atoms with Crippen molar-refractivity contribution in [3.63, 3.8) is 0 Å². The van der Waals surface area contributed by atoms with Crippen molar-refractivity contribution in [3.8, 4) is 0 Å². The van der Waals surface area contributed by atoms with Gasteiger partial charge in [0.2, 0.25) is 10.0 Å². The summed E-state index contributed by atoms with van der Waals surface area (Å²) in [7, 11) is -4.27. The first kappa shape index (κ1) is 17.0. The number of alkyl halides is 2. The number of hydrogen-bond donors (Lipinski definition) is 2. The fraction of sp³-hybridized carbons (Fsp3) is 0.133. The van der Waals surface area contributed by atoms with Gasteiger partial charge in [0.05, 0.1) is 4.90 Å². The summed E-state index contributed by atoms with van der Waals surface area (Å²) in [5, 5.41) is 9.23. The topological polar surface area (TPSA) is 83.5 Å². The lowest BCUT2D eigenvalue weighted by Gasteiger charge is -2.15. The van der Waals surface area contributed by atoms with Gasteiger partial charge in [0.15, 0.2) is 0 Å². The van der Waals surface area contributed by atoms with Crippen molar-refractivity contribution in [2.45, 2.75) is 17.4 Å². The van der Waals surface area contributed by atoms with E-state index in [0.29, 0.717) is 0 Å². The van der Waals surface area contributed by atoms with E-state index in [4.69, 9.17) is 0 Å². The maximum Gasteiger partial charge on any atom is 0.326 e. The van der Waals surface area contributed by atoms with E-state index in [0.717, 1.165) is 18.2 Å². The third-order valence-corrected chi connectivity index (χ3v) is 4.49. The molecule has 23 heavy (non-hydrogen) atoms. The highest BCUT2D eigenvalue weighted by molar-refractivity contribution is 7.89. The van der Waals surface area contributed by atoms with Crippen molar-refractivity contribution in [3.05, 3.63) is 65.7 Å². The first-order valence-corrected chi connectivity index (χ1v) is 7.98. The number of halogens is 2. The average Bonchev–Trinajstić information content (AvgIpc) is 2.53. The van der Waals surface area contributed by atoms with Gasteiger partial charge in [-0.05, 0) is 17.7 Å². The minimum absolute atomic E-state index is 0.230. The molecule has 0 aliphatic carbocycles. The molecule has 0 fully saturated rings. The van der Waals surface area contributed by atoms with Crippen LogP contribution in [0.15, 0.2) is 59.5 Å². The van der Waals surface area contributed by atoms with E-state index in [1.165, 1.54) is 18.2 Å². The largest absolute Gasteiger partial charge is 0.480 e. The molecule has 0 heterocycles. The predicted molar refractivity (Wildman–Crippen MR) is 78.5 cm³/mol. The van der Waals surface area contributed by atoms with Crippen LogP contribution in [-0.4, -0.2) is 19.5 Å². The lowest BCUT2D eigenvalue weighted by atomic mass is 10.1. The highest BCUT2D eigenvalue weighted by Gasteiger charge is 2.27. The second-order valence-corrected chi connectivity index (χ2v) is 6.39. The van der Waals surface area contributed by atoms with E-state index in [1.54, 1.807) is 18.2 Å². The van der Waals surface area contributed by atoms with Gasteiger partial charge in [-0.2, -0.15) is 4.72 Å². The number of aliphatic carboxylic acids is 1. The Morgan fingerprint density at radius 3 is 2.17 bits per heavy atom. The minimum atomic E-state index is -4.27. The molecule has 0 unspecified atom stereocenters. The van der Waals surface area contributed by atoms with Crippen LogP contribution in [0.25, 0.3) is 0 Å². The summed E-state index contributed by atoms with van der Waals surface area (Å²) in [6, 6.07) is 10.4. The lowest BCUT2D eigenvalue weighted by Crippen LogP contribution is -2.33. The molecule has 0 aromatic heterocycles. The van der Waals surface area contributed by atoms with Crippen LogP contribution < -0.4 is 4.72 Å². The summed E-state index contributed by atoms with van der Waals surface area (Å²) in [6.45, 7) is 0. The van der Waals surface area contributed by atoms with Crippen LogP contribution in [-0.2, 0) is 14.8 Å². The quantitative estimate of drug-likeness (QED) is 0.846. The molecule has 0 aliphatic rings. The predicted octanol–water partition coefficient (Wildman–Crippen LogP) is 2.73. The summed E-state index contributed by atoms with van der Waals surface area (Å²) in [5.41, 5.74) is -0.229. The number of carbonyl (C=O) groups is 1. The van der Waals surface area contributed by atoms with Crippen LogP contribution in [0.5, 0.6) is 0 Å². The number of carboxylic acids is 1. The van der Waals surface area contributed by atoms with Crippen LogP contribution in [0.3, 0.4) is 0 Å². The SMILES string of the molecule is O=C(O)[C@@H](NS(=O)(=O)c1cccc(C(F)F)c1)c1ccccc1. The number of nitrogens with one attached hydrogen (secondary N) is 1. The summed E-state index contributed by atoms with van der Waals surface area (Å²) < 4.78 is 51.9. The van der Waals surface area contributed by atoms with Gasteiger partial charge in [-0.3, -0.25) is 4.79 Å². The fourth-order valence-corrected chi connectivity index (χ4v) is 3.18. The Kier molecular flexibility index (Phi) is 5.07. The van der Waals surface area contributed by atoms with Crippen LogP contribution >= 0.6 is 0 Å². The van der Waals surface area contributed by atoms with Crippen molar-refractivity contribution in [1.29, 1.82) is 0 Å². The molecule has 0 saturated heterocycles. The van der Waals surface area contributed by atoms with Gasteiger partial charge in [0.25, 0.3) is 6.43 Å².